The summed E-state index contributed by atoms with van der Waals surface area (Å²) in [4.78, 5) is 23.8. The standard InChI is InChI=1S/C13H19NO4S/c1-7-8(2)19-11(10(7)12(16)17)14-9(15)6-18-13(3,4)5/h6H2,1-5H3,(H,14,15)(H,16,17). The van der Waals surface area contributed by atoms with Crippen molar-refractivity contribution in [2.75, 3.05) is 11.9 Å². The van der Waals surface area contributed by atoms with Crippen molar-refractivity contribution in [3.63, 3.8) is 0 Å². The lowest BCUT2D eigenvalue weighted by Crippen LogP contribution is -2.27. The fourth-order valence-electron chi connectivity index (χ4n) is 1.42. The summed E-state index contributed by atoms with van der Waals surface area (Å²) in [5.74, 6) is -1.38. The molecule has 6 heteroatoms. The molecule has 1 aromatic rings. The van der Waals surface area contributed by atoms with Crippen molar-refractivity contribution in [2.45, 2.75) is 40.2 Å². The third-order valence-electron chi connectivity index (χ3n) is 2.49. The SMILES string of the molecule is Cc1sc(NC(=O)COC(C)(C)C)c(C(=O)O)c1C. The Morgan fingerprint density at radius 2 is 1.89 bits per heavy atom. The average Bonchev–Trinajstić information content (AvgIpc) is 2.50. The number of carbonyl (C=O) groups is 2. The van der Waals surface area contributed by atoms with Gasteiger partial charge in [0.05, 0.1) is 11.2 Å². The molecular weight excluding hydrogens is 266 g/mol. The summed E-state index contributed by atoms with van der Waals surface area (Å²) in [6.45, 7) is 9.01. The number of aryl methyl sites for hydroxylation is 1. The van der Waals surface area contributed by atoms with Gasteiger partial charge in [-0.25, -0.2) is 4.79 Å². The van der Waals surface area contributed by atoms with Gasteiger partial charge in [-0.1, -0.05) is 0 Å². The molecule has 0 aliphatic rings. The van der Waals surface area contributed by atoms with Crippen LogP contribution < -0.4 is 5.32 Å². The van der Waals surface area contributed by atoms with Crippen molar-refractivity contribution in [3.05, 3.63) is 16.0 Å². The topological polar surface area (TPSA) is 75.6 Å². The van der Waals surface area contributed by atoms with Gasteiger partial charge in [0.25, 0.3) is 5.91 Å². The Bertz CT molecular complexity index is 499. The Hall–Kier alpha value is -1.40. The van der Waals surface area contributed by atoms with E-state index in [0.29, 0.717) is 10.6 Å². The number of hydrogen-bond donors (Lipinski definition) is 2. The highest BCUT2D eigenvalue weighted by atomic mass is 32.1. The van der Waals surface area contributed by atoms with Crippen LogP contribution in [-0.4, -0.2) is 29.2 Å². The van der Waals surface area contributed by atoms with Crippen LogP contribution in [0.15, 0.2) is 0 Å². The van der Waals surface area contributed by atoms with E-state index in [1.54, 1.807) is 6.92 Å². The maximum absolute atomic E-state index is 11.7. The van der Waals surface area contributed by atoms with E-state index in [-0.39, 0.29) is 18.1 Å². The molecule has 0 bridgehead atoms. The first-order valence-corrected chi connectivity index (χ1v) is 6.70. The maximum atomic E-state index is 11.7. The van der Waals surface area contributed by atoms with E-state index in [1.807, 2.05) is 27.7 Å². The number of rotatable bonds is 4. The molecule has 0 radical (unpaired) electrons. The van der Waals surface area contributed by atoms with Gasteiger partial charge in [0, 0.05) is 4.88 Å². The quantitative estimate of drug-likeness (QED) is 0.892. The van der Waals surface area contributed by atoms with Crippen LogP contribution in [0.4, 0.5) is 5.00 Å². The van der Waals surface area contributed by atoms with Crippen molar-refractivity contribution in [1.82, 2.24) is 0 Å². The molecule has 0 aliphatic heterocycles. The number of thiophene rings is 1. The third kappa shape index (κ3) is 4.33. The molecule has 0 atom stereocenters. The number of carbonyl (C=O) groups excluding carboxylic acids is 1. The molecule has 1 aromatic heterocycles. The van der Waals surface area contributed by atoms with Crippen molar-refractivity contribution < 1.29 is 19.4 Å². The monoisotopic (exact) mass is 285 g/mol. The van der Waals surface area contributed by atoms with Crippen molar-refractivity contribution in [3.8, 4) is 0 Å². The first-order valence-electron chi connectivity index (χ1n) is 5.89. The van der Waals surface area contributed by atoms with Gasteiger partial charge >= 0.3 is 5.97 Å². The molecule has 0 saturated carbocycles. The Kier molecular flexibility index (Phi) is 4.70. The number of aromatic carboxylic acids is 1. The normalized spacial score (nSPS) is 11.4. The zero-order valence-corrected chi connectivity index (χ0v) is 12.6. The fraction of sp³-hybridized carbons (Fsp3) is 0.538. The Morgan fingerprint density at radius 3 is 2.37 bits per heavy atom. The molecule has 0 aliphatic carbocycles. The molecular formula is C13H19NO4S. The van der Waals surface area contributed by atoms with E-state index in [0.717, 1.165) is 4.88 Å². The average molecular weight is 285 g/mol. The van der Waals surface area contributed by atoms with Gasteiger partial charge in [-0.05, 0) is 40.2 Å². The van der Waals surface area contributed by atoms with E-state index in [2.05, 4.69) is 5.32 Å². The fourth-order valence-corrected chi connectivity index (χ4v) is 2.49. The first-order chi connectivity index (χ1) is 8.61. The number of hydrogen-bond acceptors (Lipinski definition) is 4. The zero-order valence-electron chi connectivity index (χ0n) is 11.8. The summed E-state index contributed by atoms with van der Waals surface area (Å²) < 4.78 is 5.35. The lowest BCUT2D eigenvalue weighted by molar-refractivity contribution is -0.125. The molecule has 5 nitrogen and oxygen atoms in total. The van der Waals surface area contributed by atoms with Crippen LogP contribution in [0.1, 0.15) is 41.6 Å². The second-order valence-electron chi connectivity index (χ2n) is 5.24. The molecule has 0 saturated heterocycles. The molecule has 0 fully saturated rings. The molecule has 0 spiro atoms. The van der Waals surface area contributed by atoms with Gasteiger partial charge in [0.1, 0.15) is 11.6 Å². The minimum Gasteiger partial charge on any atom is -0.478 e. The lowest BCUT2D eigenvalue weighted by Gasteiger charge is -2.18. The van der Waals surface area contributed by atoms with Crippen LogP contribution in [0.3, 0.4) is 0 Å². The van der Waals surface area contributed by atoms with E-state index in [1.165, 1.54) is 11.3 Å². The summed E-state index contributed by atoms with van der Waals surface area (Å²) in [5, 5.41) is 12.1. The predicted molar refractivity (Wildman–Crippen MR) is 75.1 cm³/mol. The summed E-state index contributed by atoms with van der Waals surface area (Å²) in [6.07, 6.45) is 0. The van der Waals surface area contributed by atoms with Crippen molar-refractivity contribution >= 4 is 28.2 Å². The van der Waals surface area contributed by atoms with E-state index in [9.17, 15) is 9.59 Å². The highest BCUT2D eigenvalue weighted by Gasteiger charge is 2.21. The summed E-state index contributed by atoms with van der Waals surface area (Å²) in [5.41, 5.74) is 0.435. The molecule has 0 aromatic carbocycles. The molecule has 0 unspecified atom stereocenters. The number of carboxylic acids is 1. The highest BCUT2D eigenvalue weighted by molar-refractivity contribution is 7.16. The molecule has 2 N–H and O–H groups in total. The second kappa shape index (κ2) is 5.71. The molecule has 19 heavy (non-hydrogen) atoms. The van der Waals surface area contributed by atoms with Gasteiger partial charge in [-0.15, -0.1) is 11.3 Å². The maximum Gasteiger partial charge on any atom is 0.338 e. The Balaban J connectivity index is 2.80. The molecule has 1 amide bonds. The first kappa shape index (κ1) is 15.7. The van der Waals surface area contributed by atoms with Gasteiger partial charge in [-0.2, -0.15) is 0 Å². The van der Waals surface area contributed by atoms with E-state index in [4.69, 9.17) is 9.84 Å². The van der Waals surface area contributed by atoms with Crippen molar-refractivity contribution in [2.24, 2.45) is 0 Å². The molecule has 1 rings (SSSR count). The third-order valence-corrected chi connectivity index (χ3v) is 3.61. The van der Waals surface area contributed by atoms with E-state index < -0.39 is 11.6 Å². The highest BCUT2D eigenvalue weighted by Crippen LogP contribution is 2.32. The van der Waals surface area contributed by atoms with E-state index >= 15 is 0 Å². The summed E-state index contributed by atoms with van der Waals surface area (Å²) in [7, 11) is 0. The largest absolute Gasteiger partial charge is 0.478 e. The lowest BCUT2D eigenvalue weighted by atomic mass is 10.1. The van der Waals surface area contributed by atoms with Crippen LogP contribution in [-0.2, 0) is 9.53 Å². The number of ether oxygens (including phenoxy) is 1. The van der Waals surface area contributed by atoms with Gasteiger partial charge < -0.3 is 15.2 Å². The minimum atomic E-state index is -1.03. The Morgan fingerprint density at radius 1 is 1.32 bits per heavy atom. The number of carboxylic acid groups (broad SMARTS) is 1. The van der Waals surface area contributed by atoms with Gasteiger partial charge in [0.2, 0.25) is 0 Å². The number of nitrogens with one attached hydrogen (secondary N) is 1. The predicted octanol–water partition coefficient (Wildman–Crippen LogP) is 2.82. The molecule has 106 valence electrons. The molecule has 1 heterocycles. The van der Waals surface area contributed by atoms with Crippen LogP contribution in [0.25, 0.3) is 0 Å². The van der Waals surface area contributed by atoms with Crippen LogP contribution in [0.5, 0.6) is 0 Å². The van der Waals surface area contributed by atoms with Crippen LogP contribution >= 0.6 is 11.3 Å². The smallest absolute Gasteiger partial charge is 0.338 e. The minimum absolute atomic E-state index is 0.0987. The van der Waals surface area contributed by atoms with Gasteiger partial charge in [-0.3, -0.25) is 4.79 Å². The van der Waals surface area contributed by atoms with Crippen LogP contribution in [0, 0.1) is 13.8 Å². The van der Waals surface area contributed by atoms with Crippen molar-refractivity contribution in [1.29, 1.82) is 0 Å². The summed E-state index contributed by atoms with van der Waals surface area (Å²) in [6, 6.07) is 0. The Labute approximate surface area is 116 Å². The number of amides is 1. The zero-order chi connectivity index (χ0) is 14.8. The summed E-state index contributed by atoms with van der Waals surface area (Å²) >= 11 is 1.26. The number of anilines is 1. The van der Waals surface area contributed by atoms with Gasteiger partial charge in [0.15, 0.2) is 0 Å². The second-order valence-corrected chi connectivity index (χ2v) is 6.47. The van der Waals surface area contributed by atoms with Crippen LogP contribution in [0.2, 0.25) is 0 Å².